The zero-order chi connectivity index (χ0) is 12.3. The molecule has 17 heavy (non-hydrogen) atoms. The summed E-state index contributed by atoms with van der Waals surface area (Å²) in [6.07, 6.45) is 2.56. The van der Waals surface area contributed by atoms with Gasteiger partial charge in [-0.15, -0.1) is 0 Å². The Labute approximate surface area is 108 Å². The molecule has 2 nitrogen and oxygen atoms in total. The van der Waals surface area contributed by atoms with Gasteiger partial charge >= 0.3 is 0 Å². The van der Waals surface area contributed by atoms with Gasteiger partial charge in [0.15, 0.2) is 0 Å². The minimum Gasteiger partial charge on any atom is -0.507 e. The van der Waals surface area contributed by atoms with Gasteiger partial charge in [0.05, 0.1) is 0 Å². The molecule has 0 unspecified atom stereocenters. The lowest BCUT2D eigenvalue weighted by atomic mass is 10.0. The number of nitrogens with one attached hydrogen (secondary N) is 1. The monoisotopic (exact) mass is 251 g/mol. The third-order valence-corrected chi connectivity index (χ3v) is 4.42. The highest BCUT2D eigenvalue weighted by molar-refractivity contribution is 7.99. The van der Waals surface area contributed by atoms with Gasteiger partial charge < -0.3 is 10.4 Å². The summed E-state index contributed by atoms with van der Waals surface area (Å²) in [6.45, 7) is 4.84. The molecule has 1 heterocycles. The molecule has 1 aromatic carbocycles. The molecule has 1 aliphatic rings. The van der Waals surface area contributed by atoms with Crippen molar-refractivity contribution in [3.05, 3.63) is 28.8 Å². The molecule has 0 saturated carbocycles. The van der Waals surface area contributed by atoms with Crippen molar-refractivity contribution >= 4 is 11.8 Å². The van der Waals surface area contributed by atoms with E-state index in [9.17, 15) is 5.11 Å². The number of aryl methyl sites for hydroxylation is 2. The molecular formula is C14H21NOS. The summed E-state index contributed by atoms with van der Waals surface area (Å²) in [6, 6.07) is 4.82. The number of hydrogen-bond donors (Lipinski definition) is 2. The van der Waals surface area contributed by atoms with Crippen molar-refractivity contribution in [3.63, 3.8) is 0 Å². The number of phenolic OH excluding ortho intramolecular Hbond substituents is 1. The van der Waals surface area contributed by atoms with Crippen LogP contribution < -0.4 is 5.32 Å². The predicted octanol–water partition coefficient (Wildman–Crippen LogP) is 2.99. The summed E-state index contributed by atoms with van der Waals surface area (Å²) in [5, 5.41) is 13.3. The van der Waals surface area contributed by atoms with Crippen molar-refractivity contribution in [2.45, 2.75) is 39.3 Å². The Morgan fingerprint density at radius 3 is 2.41 bits per heavy atom. The molecule has 0 radical (unpaired) electrons. The first-order valence-corrected chi connectivity index (χ1v) is 7.42. The molecule has 2 N–H and O–H groups in total. The summed E-state index contributed by atoms with van der Waals surface area (Å²) in [5.74, 6) is 3.00. The minimum atomic E-state index is 0.433. The standard InChI is InChI=1S/C14H21NOS/c1-10-7-12(8-11(2)14(10)16)9-15-13-3-5-17-6-4-13/h7-8,13,15-16H,3-6,9H2,1-2H3. The largest absolute Gasteiger partial charge is 0.507 e. The van der Waals surface area contributed by atoms with Gasteiger partial charge in [0.1, 0.15) is 5.75 Å². The van der Waals surface area contributed by atoms with Crippen LogP contribution in [0.4, 0.5) is 0 Å². The van der Waals surface area contributed by atoms with Gasteiger partial charge in [0.2, 0.25) is 0 Å². The van der Waals surface area contributed by atoms with Gasteiger partial charge in [-0.3, -0.25) is 0 Å². The van der Waals surface area contributed by atoms with Crippen LogP contribution in [-0.4, -0.2) is 22.7 Å². The van der Waals surface area contributed by atoms with Crippen molar-refractivity contribution in [1.82, 2.24) is 5.32 Å². The van der Waals surface area contributed by atoms with Gasteiger partial charge in [-0.05, 0) is 54.9 Å². The van der Waals surface area contributed by atoms with E-state index in [0.29, 0.717) is 11.8 Å². The Bertz CT molecular complexity index is 363. The van der Waals surface area contributed by atoms with Crippen LogP contribution in [0.3, 0.4) is 0 Å². The molecule has 0 amide bonds. The zero-order valence-corrected chi connectivity index (χ0v) is 11.4. The Balaban J connectivity index is 1.94. The molecule has 0 atom stereocenters. The summed E-state index contributed by atoms with van der Waals surface area (Å²) >= 11 is 2.05. The first-order valence-electron chi connectivity index (χ1n) is 6.27. The van der Waals surface area contributed by atoms with Gasteiger partial charge in [-0.1, -0.05) is 12.1 Å². The fourth-order valence-electron chi connectivity index (χ4n) is 2.31. The summed E-state index contributed by atoms with van der Waals surface area (Å²) in [5.41, 5.74) is 3.22. The van der Waals surface area contributed by atoms with E-state index in [2.05, 4.69) is 29.2 Å². The fraction of sp³-hybridized carbons (Fsp3) is 0.571. The van der Waals surface area contributed by atoms with E-state index in [1.807, 2.05) is 13.8 Å². The van der Waals surface area contributed by atoms with E-state index >= 15 is 0 Å². The van der Waals surface area contributed by atoms with Crippen LogP contribution in [0.5, 0.6) is 5.75 Å². The summed E-state index contributed by atoms with van der Waals surface area (Å²) in [7, 11) is 0. The predicted molar refractivity (Wildman–Crippen MR) is 74.8 cm³/mol. The average molecular weight is 251 g/mol. The lowest BCUT2D eigenvalue weighted by Crippen LogP contribution is -2.32. The van der Waals surface area contributed by atoms with E-state index < -0.39 is 0 Å². The number of thioether (sulfide) groups is 1. The van der Waals surface area contributed by atoms with Crippen molar-refractivity contribution in [2.24, 2.45) is 0 Å². The average Bonchev–Trinajstić information content (AvgIpc) is 2.34. The highest BCUT2D eigenvalue weighted by Crippen LogP contribution is 2.23. The van der Waals surface area contributed by atoms with Gasteiger partial charge in [-0.2, -0.15) is 11.8 Å². The van der Waals surface area contributed by atoms with Gasteiger partial charge in [-0.25, -0.2) is 0 Å². The summed E-state index contributed by atoms with van der Waals surface area (Å²) < 4.78 is 0. The van der Waals surface area contributed by atoms with E-state index in [1.165, 1.54) is 29.9 Å². The van der Waals surface area contributed by atoms with E-state index in [-0.39, 0.29) is 0 Å². The number of benzene rings is 1. The van der Waals surface area contributed by atoms with Crippen molar-refractivity contribution in [1.29, 1.82) is 0 Å². The second-order valence-corrected chi connectivity index (χ2v) is 6.07. The Kier molecular flexibility index (Phi) is 4.35. The maximum absolute atomic E-state index is 9.72. The number of aromatic hydroxyl groups is 1. The first kappa shape index (κ1) is 12.8. The molecule has 2 rings (SSSR count). The van der Waals surface area contributed by atoms with Gasteiger partial charge in [0, 0.05) is 12.6 Å². The molecule has 1 fully saturated rings. The second-order valence-electron chi connectivity index (χ2n) is 4.85. The van der Waals surface area contributed by atoms with Crippen LogP contribution in [-0.2, 0) is 6.54 Å². The molecule has 0 bridgehead atoms. The third kappa shape index (κ3) is 3.39. The topological polar surface area (TPSA) is 32.3 Å². The van der Waals surface area contributed by atoms with Crippen LogP contribution >= 0.6 is 11.8 Å². The smallest absolute Gasteiger partial charge is 0.121 e. The molecule has 0 spiro atoms. The SMILES string of the molecule is Cc1cc(CNC2CCSCC2)cc(C)c1O. The molecule has 1 aliphatic heterocycles. The van der Waals surface area contributed by atoms with E-state index in [4.69, 9.17) is 0 Å². The first-order chi connectivity index (χ1) is 8.16. The molecular weight excluding hydrogens is 230 g/mol. The zero-order valence-electron chi connectivity index (χ0n) is 10.6. The van der Waals surface area contributed by atoms with Crippen molar-refractivity contribution in [2.75, 3.05) is 11.5 Å². The number of rotatable bonds is 3. The molecule has 0 aromatic heterocycles. The van der Waals surface area contributed by atoms with Gasteiger partial charge in [0.25, 0.3) is 0 Å². The van der Waals surface area contributed by atoms with Crippen LogP contribution in [0.25, 0.3) is 0 Å². The van der Waals surface area contributed by atoms with E-state index in [0.717, 1.165) is 17.7 Å². The fourth-order valence-corrected chi connectivity index (χ4v) is 3.42. The maximum Gasteiger partial charge on any atom is 0.121 e. The summed E-state index contributed by atoms with van der Waals surface area (Å²) in [4.78, 5) is 0. The third-order valence-electron chi connectivity index (χ3n) is 3.37. The van der Waals surface area contributed by atoms with Crippen LogP contribution in [0.15, 0.2) is 12.1 Å². The van der Waals surface area contributed by atoms with Crippen LogP contribution in [0.1, 0.15) is 29.5 Å². The minimum absolute atomic E-state index is 0.433. The highest BCUT2D eigenvalue weighted by Gasteiger charge is 2.13. The molecule has 3 heteroatoms. The number of phenols is 1. The quantitative estimate of drug-likeness (QED) is 0.866. The van der Waals surface area contributed by atoms with Crippen LogP contribution in [0.2, 0.25) is 0 Å². The molecule has 1 aromatic rings. The van der Waals surface area contributed by atoms with Crippen molar-refractivity contribution in [3.8, 4) is 5.75 Å². The van der Waals surface area contributed by atoms with E-state index in [1.54, 1.807) is 0 Å². The lowest BCUT2D eigenvalue weighted by molar-refractivity contribution is 0.464. The molecule has 94 valence electrons. The lowest BCUT2D eigenvalue weighted by Gasteiger charge is -2.22. The normalized spacial score (nSPS) is 17.3. The van der Waals surface area contributed by atoms with Crippen LogP contribution in [0, 0.1) is 13.8 Å². The maximum atomic E-state index is 9.72. The Morgan fingerprint density at radius 2 is 1.82 bits per heavy atom. The second kappa shape index (κ2) is 5.78. The molecule has 0 aliphatic carbocycles. The number of hydrogen-bond acceptors (Lipinski definition) is 3. The molecule has 1 saturated heterocycles. The Hall–Kier alpha value is -0.670. The Morgan fingerprint density at radius 1 is 1.24 bits per heavy atom. The highest BCUT2D eigenvalue weighted by atomic mass is 32.2. The van der Waals surface area contributed by atoms with Crippen molar-refractivity contribution < 1.29 is 5.11 Å².